The lowest BCUT2D eigenvalue weighted by atomic mass is 9.94. The lowest BCUT2D eigenvalue weighted by molar-refractivity contribution is -0.00188. The maximum atomic E-state index is 12.5. The van der Waals surface area contributed by atoms with E-state index in [1.165, 1.54) is 23.3 Å². The molecule has 3 nitrogen and oxygen atoms in total. The molecule has 0 unspecified atom stereocenters. The van der Waals surface area contributed by atoms with Gasteiger partial charge in [0.15, 0.2) is 0 Å². The van der Waals surface area contributed by atoms with Gasteiger partial charge in [-0.15, -0.1) is 11.3 Å². The van der Waals surface area contributed by atoms with Crippen LogP contribution in [0.15, 0.2) is 6.07 Å². The van der Waals surface area contributed by atoms with E-state index in [0.29, 0.717) is 25.9 Å². The Kier molecular flexibility index (Phi) is 3.39. The Bertz CT molecular complexity index is 459. The SMILES string of the molecule is CC1(O)CCN(C(=O)c2cc3c(s2)CCCC3)CC1. The smallest absolute Gasteiger partial charge is 0.263 e. The summed E-state index contributed by atoms with van der Waals surface area (Å²) in [5.41, 5.74) is 0.800. The number of fused-ring (bicyclic) bond motifs is 1. The van der Waals surface area contributed by atoms with E-state index >= 15 is 0 Å². The molecular weight excluding hydrogens is 258 g/mol. The first-order chi connectivity index (χ1) is 9.05. The Labute approximate surface area is 118 Å². The molecule has 1 aliphatic carbocycles. The van der Waals surface area contributed by atoms with E-state index in [2.05, 4.69) is 6.07 Å². The molecule has 4 heteroatoms. The summed E-state index contributed by atoms with van der Waals surface area (Å²) >= 11 is 1.68. The molecule has 0 aromatic carbocycles. The van der Waals surface area contributed by atoms with Crippen LogP contribution in [-0.2, 0) is 12.8 Å². The Morgan fingerprint density at radius 3 is 2.68 bits per heavy atom. The molecule has 1 aromatic rings. The molecule has 0 bridgehead atoms. The average Bonchev–Trinajstić information content (AvgIpc) is 2.81. The molecule has 1 aliphatic heterocycles. The van der Waals surface area contributed by atoms with Gasteiger partial charge in [0.2, 0.25) is 0 Å². The van der Waals surface area contributed by atoms with Crippen LogP contribution in [0.3, 0.4) is 0 Å². The largest absolute Gasteiger partial charge is 0.390 e. The molecule has 2 aliphatic rings. The number of hydrogen-bond acceptors (Lipinski definition) is 3. The lowest BCUT2D eigenvalue weighted by Gasteiger charge is -2.35. The zero-order valence-electron chi connectivity index (χ0n) is 11.4. The first-order valence-electron chi connectivity index (χ1n) is 7.18. The summed E-state index contributed by atoms with van der Waals surface area (Å²) in [6, 6.07) is 2.11. The van der Waals surface area contributed by atoms with E-state index in [1.807, 2.05) is 11.8 Å². The van der Waals surface area contributed by atoms with Crippen molar-refractivity contribution in [3.05, 3.63) is 21.4 Å². The molecule has 3 rings (SSSR count). The zero-order chi connectivity index (χ0) is 13.5. The summed E-state index contributed by atoms with van der Waals surface area (Å²) in [6.07, 6.45) is 6.15. The number of carbonyl (C=O) groups excluding carboxylic acids is 1. The highest BCUT2D eigenvalue weighted by atomic mass is 32.1. The van der Waals surface area contributed by atoms with Crippen LogP contribution in [0.2, 0.25) is 0 Å². The summed E-state index contributed by atoms with van der Waals surface area (Å²) in [5.74, 6) is 0.162. The van der Waals surface area contributed by atoms with Gasteiger partial charge in [0.1, 0.15) is 0 Å². The Morgan fingerprint density at radius 1 is 1.32 bits per heavy atom. The van der Waals surface area contributed by atoms with Crippen molar-refractivity contribution in [3.63, 3.8) is 0 Å². The van der Waals surface area contributed by atoms with Crippen molar-refractivity contribution in [3.8, 4) is 0 Å². The highest BCUT2D eigenvalue weighted by molar-refractivity contribution is 7.14. The molecule has 1 fully saturated rings. The molecule has 0 atom stereocenters. The van der Waals surface area contributed by atoms with Crippen LogP contribution in [0.1, 0.15) is 52.7 Å². The average molecular weight is 279 g/mol. The van der Waals surface area contributed by atoms with Gasteiger partial charge in [-0.1, -0.05) is 0 Å². The number of likely N-dealkylation sites (tertiary alicyclic amines) is 1. The molecular formula is C15H21NO2S. The number of hydrogen-bond donors (Lipinski definition) is 1. The molecule has 1 aromatic heterocycles. The number of aliphatic hydroxyl groups is 1. The summed E-state index contributed by atoms with van der Waals surface area (Å²) in [4.78, 5) is 16.7. The minimum absolute atomic E-state index is 0.162. The normalized spacial score (nSPS) is 22.1. The Balaban J connectivity index is 1.72. The second kappa shape index (κ2) is 4.91. The predicted octanol–water partition coefficient (Wildman–Crippen LogP) is 2.61. The van der Waals surface area contributed by atoms with Gasteiger partial charge < -0.3 is 10.0 Å². The van der Waals surface area contributed by atoms with Crippen molar-refractivity contribution < 1.29 is 9.90 Å². The van der Waals surface area contributed by atoms with Gasteiger partial charge in [-0.3, -0.25) is 4.79 Å². The third kappa shape index (κ3) is 2.70. The molecule has 19 heavy (non-hydrogen) atoms. The summed E-state index contributed by atoms with van der Waals surface area (Å²) in [5, 5.41) is 9.94. The summed E-state index contributed by atoms with van der Waals surface area (Å²) in [6.45, 7) is 3.21. The topological polar surface area (TPSA) is 40.5 Å². The molecule has 1 N–H and O–H groups in total. The first kappa shape index (κ1) is 13.1. The van der Waals surface area contributed by atoms with Crippen LogP contribution >= 0.6 is 11.3 Å². The molecule has 2 heterocycles. The van der Waals surface area contributed by atoms with Gasteiger partial charge in [-0.05, 0) is 57.1 Å². The number of nitrogens with zero attached hydrogens (tertiary/aromatic N) is 1. The Hall–Kier alpha value is -0.870. The van der Waals surface area contributed by atoms with Crippen molar-refractivity contribution in [2.75, 3.05) is 13.1 Å². The van der Waals surface area contributed by atoms with Crippen molar-refractivity contribution in [2.24, 2.45) is 0 Å². The third-order valence-electron chi connectivity index (χ3n) is 4.34. The maximum absolute atomic E-state index is 12.5. The molecule has 0 saturated carbocycles. The predicted molar refractivity (Wildman–Crippen MR) is 76.7 cm³/mol. The van der Waals surface area contributed by atoms with Gasteiger partial charge >= 0.3 is 0 Å². The van der Waals surface area contributed by atoms with E-state index in [4.69, 9.17) is 0 Å². The van der Waals surface area contributed by atoms with E-state index in [-0.39, 0.29) is 5.91 Å². The van der Waals surface area contributed by atoms with E-state index < -0.39 is 5.60 Å². The Morgan fingerprint density at radius 2 is 2.00 bits per heavy atom. The zero-order valence-corrected chi connectivity index (χ0v) is 12.3. The van der Waals surface area contributed by atoms with E-state index in [0.717, 1.165) is 17.7 Å². The summed E-state index contributed by atoms with van der Waals surface area (Å²) in [7, 11) is 0. The highest BCUT2D eigenvalue weighted by Gasteiger charge is 2.30. The molecule has 1 saturated heterocycles. The van der Waals surface area contributed by atoms with Crippen LogP contribution < -0.4 is 0 Å². The van der Waals surface area contributed by atoms with Gasteiger partial charge in [0.25, 0.3) is 5.91 Å². The van der Waals surface area contributed by atoms with Crippen LogP contribution in [-0.4, -0.2) is 34.6 Å². The molecule has 104 valence electrons. The van der Waals surface area contributed by atoms with Gasteiger partial charge in [-0.25, -0.2) is 0 Å². The monoisotopic (exact) mass is 279 g/mol. The number of piperidine rings is 1. The van der Waals surface area contributed by atoms with E-state index in [1.54, 1.807) is 11.3 Å². The number of aryl methyl sites for hydroxylation is 2. The fourth-order valence-electron chi connectivity index (χ4n) is 2.94. The maximum Gasteiger partial charge on any atom is 0.263 e. The lowest BCUT2D eigenvalue weighted by Crippen LogP contribution is -2.44. The molecule has 0 radical (unpaired) electrons. The van der Waals surface area contributed by atoms with Crippen molar-refractivity contribution in [1.82, 2.24) is 4.90 Å². The van der Waals surface area contributed by atoms with Gasteiger partial charge in [-0.2, -0.15) is 0 Å². The molecule has 1 amide bonds. The van der Waals surface area contributed by atoms with Crippen molar-refractivity contribution in [1.29, 1.82) is 0 Å². The van der Waals surface area contributed by atoms with Crippen molar-refractivity contribution in [2.45, 2.75) is 51.0 Å². The van der Waals surface area contributed by atoms with E-state index in [9.17, 15) is 9.90 Å². The van der Waals surface area contributed by atoms with Gasteiger partial charge in [0, 0.05) is 18.0 Å². The van der Waals surface area contributed by atoms with Crippen LogP contribution in [0.25, 0.3) is 0 Å². The van der Waals surface area contributed by atoms with Crippen LogP contribution in [0.4, 0.5) is 0 Å². The second-order valence-electron chi connectivity index (χ2n) is 6.06. The minimum atomic E-state index is -0.592. The van der Waals surface area contributed by atoms with Crippen LogP contribution in [0.5, 0.6) is 0 Å². The molecule has 0 spiro atoms. The standard InChI is InChI=1S/C15H21NO2S/c1-15(18)6-8-16(9-7-15)14(17)13-10-11-4-2-3-5-12(11)19-13/h10,18H,2-9H2,1H3. The first-order valence-corrected chi connectivity index (χ1v) is 8.00. The van der Waals surface area contributed by atoms with Gasteiger partial charge in [0.05, 0.1) is 10.5 Å². The third-order valence-corrected chi connectivity index (χ3v) is 5.56. The van der Waals surface area contributed by atoms with Crippen molar-refractivity contribution >= 4 is 17.2 Å². The quantitative estimate of drug-likeness (QED) is 0.858. The number of rotatable bonds is 1. The fourth-order valence-corrected chi connectivity index (χ4v) is 4.16. The minimum Gasteiger partial charge on any atom is -0.390 e. The number of amides is 1. The number of thiophene rings is 1. The highest BCUT2D eigenvalue weighted by Crippen LogP contribution is 2.31. The second-order valence-corrected chi connectivity index (χ2v) is 7.19. The fraction of sp³-hybridized carbons (Fsp3) is 0.667. The number of carbonyl (C=O) groups is 1. The van der Waals surface area contributed by atoms with Crippen LogP contribution in [0, 0.1) is 0 Å². The summed E-state index contributed by atoms with van der Waals surface area (Å²) < 4.78 is 0.